The van der Waals surface area contributed by atoms with Crippen molar-refractivity contribution in [3.8, 4) is 5.75 Å². The van der Waals surface area contributed by atoms with Gasteiger partial charge in [-0.05, 0) is 42.2 Å². The van der Waals surface area contributed by atoms with Gasteiger partial charge in [-0.25, -0.2) is 0 Å². The summed E-state index contributed by atoms with van der Waals surface area (Å²) in [5.41, 5.74) is 3.19. The third kappa shape index (κ3) is 2.15. The molecule has 0 saturated heterocycles. The number of hydrogen-bond acceptors (Lipinski definition) is 2. The summed E-state index contributed by atoms with van der Waals surface area (Å²) >= 11 is 9.65. The number of benzene rings is 2. The summed E-state index contributed by atoms with van der Waals surface area (Å²) < 4.78 is 1.05. The smallest absolute Gasteiger partial charge is 0.139 e. The third-order valence-corrected chi connectivity index (χ3v) is 5.62. The van der Waals surface area contributed by atoms with Crippen LogP contribution in [0.4, 0.5) is 5.69 Å². The van der Waals surface area contributed by atoms with Crippen molar-refractivity contribution in [2.45, 2.75) is 18.4 Å². The minimum Gasteiger partial charge on any atom is -0.506 e. The van der Waals surface area contributed by atoms with Crippen molar-refractivity contribution in [3.63, 3.8) is 0 Å². The van der Waals surface area contributed by atoms with Crippen LogP contribution in [-0.4, -0.2) is 5.11 Å². The molecule has 0 fully saturated rings. The van der Waals surface area contributed by atoms with E-state index in [9.17, 15) is 5.11 Å². The number of fused-ring (bicyclic) bond motifs is 3. The van der Waals surface area contributed by atoms with Crippen LogP contribution in [0.15, 0.2) is 53.0 Å². The average molecular weight is 377 g/mol. The van der Waals surface area contributed by atoms with Crippen molar-refractivity contribution < 1.29 is 5.11 Å². The molecule has 2 aliphatic rings. The van der Waals surface area contributed by atoms with E-state index in [-0.39, 0.29) is 6.04 Å². The Labute approximate surface area is 142 Å². The lowest BCUT2D eigenvalue weighted by atomic mass is 9.77. The zero-order valence-electron chi connectivity index (χ0n) is 11.8. The van der Waals surface area contributed by atoms with Gasteiger partial charge in [-0.3, -0.25) is 0 Å². The van der Waals surface area contributed by atoms with Gasteiger partial charge in [0.25, 0.3) is 0 Å². The highest BCUT2D eigenvalue weighted by atomic mass is 79.9. The maximum Gasteiger partial charge on any atom is 0.139 e. The molecule has 2 N–H and O–H groups in total. The van der Waals surface area contributed by atoms with E-state index >= 15 is 0 Å². The molecular formula is C18H15BrClNO. The Hall–Kier alpha value is -1.45. The van der Waals surface area contributed by atoms with Gasteiger partial charge in [0.15, 0.2) is 0 Å². The van der Waals surface area contributed by atoms with E-state index < -0.39 is 0 Å². The van der Waals surface area contributed by atoms with Gasteiger partial charge in [0.1, 0.15) is 5.75 Å². The lowest BCUT2D eigenvalue weighted by Crippen LogP contribution is -2.29. The first-order chi connectivity index (χ1) is 10.6. The molecular weight excluding hydrogens is 362 g/mol. The molecule has 0 spiro atoms. The van der Waals surface area contributed by atoms with Gasteiger partial charge in [-0.15, -0.1) is 0 Å². The summed E-state index contributed by atoms with van der Waals surface area (Å²) in [4.78, 5) is 0. The summed E-state index contributed by atoms with van der Waals surface area (Å²) in [5, 5.41) is 14.6. The van der Waals surface area contributed by atoms with Crippen LogP contribution >= 0.6 is 27.5 Å². The second-order valence-electron chi connectivity index (χ2n) is 5.88. The van der Waals surface area contributed by atoms with Gasteiger partial charge in [0, 0.05) is 21.0 Å². The Bertz CT molecular complexity index is 756. The van der Waals surface area contributed by atoms with E-state index in [1.807, 2.05) is 18.2 Å². The Balaban J connectivity index is 1.84. The number of anilines is 1. The first-order valence-electron chi connectivity index (χ1n) is 7.35. The fourth-order valence-corrected chi connectivity index (χ4v) is 4.37. The summed E-state index contributed by atoms with van der Waals surface area (Å²) in [5.74, 6) is 1.07. The standard InChI is InChI=1S/C18H15BrClNO/c19-14-8-9-15(22)18-16(14)12-2-1-3-13(12)17(21-18)10-4-6-11(20)7-5-10/h1-2,4-9,12-13,17,21-22H,3H2/t12-,13-,17-/m0/s1. The summed E-state index contributed by atoms with van der Waals surface area (Å²) in [6.45, 7) is 0. The maximum absolute atomic E-state index is 10.3. The minimum absolute atomic E-state index is 0.171. The monoisotopic (exact) mass is 375 g/mol. The van der Waals surface area contributed by atoms with Gasteiger partial charge < -0.3 is 10.4 Å². The molecule has 3 atom stereocenters. The van der Waals surface area contributed by atoms with Crippen LogP contribution in [0.3, 0.4) is 0 Å². The van der Waals surface area contributed by atoms with Crippen LogP contribution in [0, 0.1) is 5.92 Å². The summed E-state index contributed by atoms with van der Waals surface area (Å²) in [6.07, 6.45) is 5.54. The molecule has 0 aromatic heterocycles. The number of allylic oxidation sites excluding steroid dienone is 2. The Morgan fingerprint density at radius 1 is 1.14 bits per heavy atom. The molecule has 2 aromatic rings. The second-order valence-corrected chi connectivity index (χ2v) is 7.17. The van der Waals surface area contributed by atoms with Crippen molar-refractivity contribution in [3.05, 3.63) is 69.2 Å². The maximum atomic E-state index is 10.3. The van der Waals surface area contributed by atoms with Gasteiger partial charge in [-0.1, -0.05) is 51.8 Å². The van der Waals surface area contributed by atoms with Crippen molar-refractivity contribution in [2.75, 3.05) is 5.32 Å². The third-order valence-electron chi connectivity index (χ3n) is 4.67. The number of rotatable bonds is 1. The number of phenolic OH excluding ortho intramolecular Hbond substituents is 1. The lowest BCUT2D eigenvalue weighted by Gasteiger charge is -2.38. The molecule has 0 saturated carbocycles. The van der Waals surface area contributed by atoms with Gasteiger partial charge >= 0.3 is 0 Å². The molecule has 1 aliphatic heterocycles. The van der Waals surface area contributed by atoms with Crippen LogP contribution in [0.5, 0.6) is 5.75 Å². The Morgan fingerprint density at radius 2 is 1.91 bits per heavy atom. The lowest BCUT2D eigenvalue weighted by molar-refractivity contribution is 0.414. The normalized spacial score (nSPS) is 25.5. The number of hydrogen-bond donors (Lipinski definition) is 2. The zero-order chi connectivity index (χ0) is 15.3. The van der Waals surface area contributed by atoms with E-state index in [0.29, 0.717) is 17.6 Å². The van der Waals surface area contributed by atoms with Crippen LogP contribution in [0.25, 0.3) is 0 Å². The van der Waals surface area contributed by atoms with E-state index in [1.54, 1.807) is 6.07 Å². The molecule has 2 nitrogen and oxygen atoms in total. The van der Waals surface area contributed by atoms with Crippen molar-refractivity contribution in [2.24, 2.45) is 5.92 Å². The van der Waals surface area contributed by atoms with Crippen LogP contribution in [0.1, 0.15) is 29.5 Å². The highest BCUT2D eigenvalue weighted by Gasteiger charge is 2.39. The molecule has 4 rings (SSSR count). The molecule has 2 aromatic carbocycles. The molecule has 0 radical (unpaired) electrons. The molecule has 4 heteroatoms. The first-order valence-corrected chi connectivity index (χ1v) is 8.52. The predicted molar refractivity (Wildman–Crippen MR) is 93.6 cm³/mol. The molecule has 1 aliphatic carbocycles. The van der Waals surface area contributed by atoms with Crippen LogP contribution < -0.4 is 5.32 Å². The number of phenols is 1. The number of halogens is 2. The molecule has 22 heavy (non-hydrogen) atoms. The highest BCUT2D eigenvalue weighted by molar-refractivity contribution is 9.10. The van der Waals surface area contributed by atoms with Crippen LogP contribution in [0.2, 0.25) is 5.02 Å². The van der Waals surface area contributed by atoms with E-state index in [2.05, 4.69) is 45.5 Å². The van der Waals surface area contributed by atoms with E-state index in [4.69, 9.17) is 11.6 Å². The van der Waals surface area contributed by atoms with E-state index in [0.717, 1.165) is 27.2 Å². The Morgan fingerprint density at radius 3 is 2.68 bits per heavy atom. The second kappa shape index (κ2) is 5.32. The molecule has 1 heterocycles. The Kier molecular flexibility index (Phi) is 3.43. The number of aromatic hydroxyl groups is 1. The molecule has 0 amide bonds. The topological polar surface area (TPSA) is 32.3 Å². The predicted octanol–water partition coefficient (Wildman–Crippen LogP) is 5.63. The molecule has 0 bridgehead atoms. The van der Waals surface area contributed by atoms with Crippen molar-refractivity contribution in [1.82, 2.24) is 0 Å². The highest BCUT2D eigenvalue weighted by Crippen LogP contribution is 2.54. The zero-order valence-corrected chi connectivity index (χ0v) is 14.1. The van der Waals surface area contributed by atoms with Crippen LogP contribution in [-0.2, 0) is 0 Å². The number of nitrogens with one attached hydrogen (secondary N) is 1. The first kappa shape index (κ1) is 14.2. The summed E-state index contributed by atoms with van der Waals surface area (Å²) in [7, 11) is 0. The molecule has 0 unspecified atom stereocenters. The average Bonchev–Trinajstić information content (AvgIpc) is 3.00. The largest absolute Gasteiger partial charge is 0.506 e. The summed E-state index contributed by atoms with van der Waals surface area (Å²) in [6, 6.07) is 11.8. The van der Waals surface area contributed by atoms with E-state index in [1.165, 1.54) is 5.56 Å². The molecule has 112 valence electrons. The van der Waals surface area contributed by atoms with Gasteiger partial charge in [-0.2, -0.15) is 0 Å². The SMILES string of the molecule is Oc1ccc(Br)c2c1N[C@@H](c1ccc(Cl)cc1)[C@H]1CC=C[C@H]21. The van der Waals surface area contributed by atoms with Crippen molar-refractivity contribution >= 4 is 33.2 Å². The fraction of sp³-hybridized carbons (Fsp3) is 0.222. The van der Waals surface area contributed by atoms with Crippen molar-refractivity contribution in [1.29, 1.82) is 0 Å². The minimum atomic E-state index is 0.171. The fourth-order valence-electron chi connectivity index (χ4n) is 3.65. The van der Waals surface area contributed by atoms with Gasteiger partial charge in [0.2, 0.25) is 0 Å². The van der Waals surface area contributed by atoms with Gasteiger partial charge in [0.05, 0.1) is 11.7 Å². The quantitative estimate of drug-likeness (QED) is 0.499.